The van der Waals surface area contributed by atoms with Gasteiger partial charge >= 0.3 is 6.03 Å². The maximum atomic E-state index is 12.1. The van der Waals surface area contributed by atoms with E-state index in [0.717, 1.165) is 0 Å². The van der Waals surface area contributed by atoms with Gasteiger partial charge < -0.3 is 15.0 Å². The van der Waals surface area contributed by atoms with Gasteiger partial charge in [0.2, 0.25) is 0 Å². The van der Waals surface area contributed by atoms with Crippen LogP contribution < -0.4 is 10.1 Å². The second kappa shape index (κ2) is 5.29. The lowest BCUT2D eigenvalue weighted by Crippen LogP contribution is -2.39. The molecule has 0 aromatic heterocycles. The van der Waals surface area contributed by atoms with Gasteiger partial charge in [0.1, 0.15) is 5.75 Å². The van der Waals surface area contributed by atoms with Crippen LogP contribution in [0.2, 0.25) is 0 Å². The third-order valence-electron chi connectivity index (χ3n) is 3.58. The molecule has 1 aliphatic rings. The van der Waals surface area contributed by atoms with Crippen LogP contribution in [-0.2, 0) is 0 Å². The van der Waals surface area contributed by atoms with Crippen molar-refractivity contribution >= 4 is 11.7 Å². The molecular formula is C14H20N2O2. The first-order chi connectivity index (χ1) is 8.63. The largest absolute Gasteiger partial charge is 0.495 e. The van der Waals surface area contributed by atoms with Gasteiger partial charge in [0.05, 0.1) is 12.8 Å². The second-order valence-electron chi connectivity index (χ2n) is 4.82. The lowest BCUT2D eigenvalue weighted by Gasteiger charge is -2.25. The Morgan fingerprint density at radius 1 is 1.44 bits per heavy atom. The number of hydrogen-bond donors (Lipinski definition) is 1. The summed E-state index contributed by atoms with van der Waals surface area (Å²) in [6.45, 7) is 2.10. The van der Waals surface area contributed by atoms with Gasteiger partial charge in [-0.25, -0.2) is 4.79 Å². The fraction of sp³-hybridized carbons (Fsp3) is 0.500. The monoisotopic (exact) mass is 248 g/mol. The Morgan fingerprint density at radius 2 is 2.11 bits per heavy atom. The molecule has 18 heavy (non-hydrogen) atoms. The van der Waals surface area contributed by atoms with Crippen molar-refractivity contribution in [2.24, 2.45) is 5.92 Å². The zero-order valence-electron chi connectivity index (χ0n) is 11.1. The van der Waals surface area contributed by atoms with Gasteiger partial charge in [0.15, 0.2) is 0 Å². The van der Waals surface area contributed by atoms with Gasteiger partial charge in [-0.3, -0.25) is 0 Å². The predicted octanol–water partition coefficient (Wildman–Crippen LogP) is 2.96. The van der Waals surface area contributed by atoms with E-state index in [2.05, 4.69) is 12.2 Å². The van der Waals surface area contributed by atoms with Crippen LogP contribution in [0.15, 0.2) is 24.3 Å². The molecule has 1 aliphatic carbocycles. The van der Waals surface area contributed by atoms with Crippen LogP contribution >= 0.6 is 0 Å². The molecule has 0 aliphatic heterocycles. The number of carbonyl (C=O) groups is 1. The highest BCUT2D eigenvalue weighted by Crippen LogP contribution is 2.35. The van der Waals surface area contributed by atoms with E-state index in [1.54, 1.807) is 12.0 Å². The first kappa shape index (κ1) is 12.7. The molecular weight excluding hydrogens is 228 g/mol. The number of nitrogens with zero attached hydrogens (tertiary/aromatic N) is 1. The molecule has 98 valence electrons. The number of methoxy groups -OCH3 is 1. The van der Waals surface area contributed by atoms with Crippen LogP contribution in [-0.4, -0.2) is 31.1 Å². The average molecular weight is 248 g/mol. The minimum absolute atomic E-state index is 0.0844. The maximum absolute atomic E-state index is 12.1. The minimum atomic E-state index is -0.0844. The van der Waals surface area contributed by atoms with Crippen molar-refractivity contribution < 1.29 is 9.53 Å². The number of anilines is 1. The van der Waals surface area contributed by atoms with E-state index in [0.29, 0.717) is 23.4 Å². The molecule has 0 heterocycles. The smallest absolute Gasteiger partial charge is 0.321 e. The summed E-state index contributed by atoms with van der Waals surface area (Å²) in [5.41, 5.74) is 0.708. The Morgan fingerprint density at radius 3 is 2.72 bits per heavy atom. The molecule has 1 N–H and O–H groups in total. The second-order valence-corrected chi connectivity index (χ2v) is 4.82. The molecule has 1 fully saturated rings. The number of hydrogen-bond acceptors (Lipinski definition) is 2. The molecule has 1 saturated carbocycles. The molecule has 0 unspecified atom stereocenters. The molecule has 4 heteroatoms. The summed E-state index contributed by atoms with van der Waals surface area (Å²) in [5, 5.41) is 2.89. The molecule has 2 amide bonds. The van der Waals surface area contributed by atoms with Gasteiger partial charge in [-0.15, -0.1) is 0 Å². The zero-order chi connectivity index (χ0) is 13.1. The van der Waals surface area contributed by atoms with Gasteiger partial charge in [-0.05, 0) is 37.8 Å². The lowest BCUT2D eigenvalue weighted by atomic mass is 10.2. The highest BCUT2D eigenvalue weighted by Gasteiger charge is 2.32. The van der Waals surface area contributed by atoms with E-state index < -0.39 is 0 Å². The van der Waals surface area contributed by atoms with E-state index in [-0.39, 0.29) is 6.03 Å². The van der Waals surface area contributed by atoms with Gasteiger partial charge in [0, 0.05) is 13.1 Å². The van der Waals surface area contributed by atoms with Crippen molar-refractivity contribution in [3.63, 3.8) is 0 Å². The molecule has 4 nitrogen and oxygen atoms in total. The highest BCUT2D eigenvalue weighted by atomic mass is 16.5. The first-order valence-corrected chi connectivity index (χ1v) is 6.30. The molecule has 2 rings (SSSR count). The number of amides is 2. The number of para-hydroxylation sites is 2. The fourth-order valence-corrected chi connectivity index (χ4v) is 2.03. The first-order valence-electron chi connectivity index (χ1n) is 6.30. The summed E-state index contributed by atoms with van der Waals surface area (Å²) >= 11 is 0. The van der Waals surface area contributed by atoms with Crippen LogP contribution in [0.1, 0.15) is 19.8 Å². The van der Waals surface area contributed by atoms with E-state index in [1.165, 1.54) is 12.8 Å². The van der Waals surface area contributed by atoms with Gasteiger partial charge in [-0.1, -0.05) is 12.1 Å². The van der Waals surface area contributed by atoms with Crippen LogP contribution in [0.25, 0.3) is 0 Å². The number of ether oxygens (including phenoxy) is 1. The Bertz CT molecular complexity index is 430. The maximum Gasteiger partial charge on any atom is 0.321 e. The van der Waals surface area contributed by atoms with Crippen molar-refractivity contribution in [3.8, 4) is 5.75 Å². The van der Waals surface area contributed by atoms with Crippen LogP contribution in [0.3, 0.4) is 0 Å². The third-order valence-corrected chi connectivity index (χ3v) is 3.58. The summed E-state index contributed by atoms with van der Waals surface area (Å²) in [5.74, 6) is 1.34. The van der Waals surface area contributed by atoms with E-state index in [9.17, 15) is 4.79 Å². The quantitative estimate of drug-likeness (QED) is 0.890. The number of carbonyl (C=O) groups excluding carboxylic acids is 1. The number of rotatable bonds is 4. The average Bonchev–Trinajstić information content (AvgIpc) is 3.22. The van der Waals surface area contributed by atoms with E-state index in [1.807, 2.05) is 31.3 Å². The van der Waals surface area contributed by atoms with Gasteiger partial charge in [0.25, 0.3) is 0 Å². The topological polar surface area (TPSA) is 41.6 Å². The Balaban J connectivity index is 2.01. The normalized spacial score (nSPS) is 15.9. The summed E-state index contributed by atoms with van der Waals surface area (Å²) in [6, 6.07) is 7.64. The van der Waals surface area contributed by atoms with Crippen LogP contribution in [0, 0.1) is 5.92 Å². The van der Waals surface area contributed by atoms with Crippen molar-refractivity contribution in [3.05, 3.63) is 24.3 Å². The van der Waals surface area contributed by atoms with Gasteiger partial charge in [-0.2, -0.15) is 0 Å². The number of nitrogens with one attached hydrogen (secondary N) is 1. The fourth-order valence-electron chi connectivity index (χ4n) is 2.03. The molecule has 1 aromatic rings. The molecule has 1 aromatic carbocycles. The highest BCUT2D eigenvalue weighted by molar-refractivity contribution is 5.91. The summed E-state index contributed by atoms with van der Waals surface area (Å²) in [6.07, 6.45) is 2.46. The zero-order valence-corrected chi connectivity index (χ0v) is 11.1. The molecule has 0 radical (unpaired) electrons. The SMILES string of the molecule is COc1ccccc1NC(=O)N(C)[C@H](C)C1CC1. The summed E-state index contributed by atoms with van der Waals surface area (Å²) < 4.78 is 5.21. The van der Waals surface area contributed by atoms with Crippen molar-refractivity contribution in [1.29, 1.82) is 0 Å². The Kier molecular flexibility index (Phi) is 3.75. The standard InChI is InChI=1S/C14H20N2O2/c1-10(11-8-9-11)16(2)14(17)15-12-6-4-5-7-13(12)18-3/h4-7,10-11H,8-9H2,1-3H3,(H,15,17)/t10-/m1/s1. The van der Waals surface area contributed by atoms with Crippen molar-refractivity contribution in [1.82, 2.24) is 4.90 Å². The number of urea groups is 1. The molecule has 1 atom stereocenters. The summed E-state index contributed by atoms with van der Waals surface area (Å²) in [4.78, 5) is 13.9. The molecule has 0 saturated heterocycles. The predicted molar refractivity (Wildman–Crippen MR) is 72.0 cm³/mol. The van der Waals surface area contributed by atoms with Crippen molar-refractivity contribution in [2.75, 3.05) is 19.5 Å². The van der Waals surface area contributed by atoms with Crippen molar-refractivity contribution in [2.45, 2.75) is 25.8 Å². The Labute approximate surface area is 108 Å². The van der Waals surface area contributed by atoms with E-state index in [4.69, 9.17) is 4.74 Å². The molecule has 0 bridgehead atoms. The minimum Gasteiger partial charge on any atom is -0.495 e. The number of benzene rings is 1. The molecule has 0 spiro atoms. The van der Waals surface area contributed by atoms with Crippen LogP contribution in [0.5, 0.6) is 5.75 Å². The lowest BCUT2D eigenvalue weighted by molar-refractivity contribution is 0.201. The third kappa shape index (κ3) is 2.75. The summed E-state index contributed by atoms with van der Waals surface area (Å²) in [7, 11) is 3.44. The Hall–Kier alpha value is -1.71. The van der Waals surface area contributed by atoms with Crippen LogP contribution in [0.4, 0.5) is 10.5 Å². The van der Waals surface area contributed by atoms with E-state index >= 15 is 0 Å².